The average Bonchev–Trinajstić information content (AvgIpc) is 3.28. The lowest BCUT2D eigenvalue weighted by Gasteiger charge is -2.24. The molecule has 2 heterocycles. The van der Waals surface area contributed by atoms with Crippen molar-refractivity contribution in [2.24, 2.45) is 0 Å². The van der Waals surface area contributed by atoms with Crippen molar-refractivity contribution in [2.45, 2.75) is 40.4 Å². The van der Waals surface area contributed by atoms with Gasteiger partial charge in [-0.25, -0.2) is 9.97 Å². The second-order valence-electron chi connectivity index (χ2n) is 6.23. The molecule has 132 valence electrons. The zero-order valence-corrected chi connectivity index (χ0v) is 15.1. The summed E-state index contributed by atoms with van der Waals surface area (Å²) in [5, 5.41) is 0. The van der Waals surface area contributed by atoms with Gasteiger partial charge in [-0.3, -0.25) is 4.90 Å². The van der Waals surface area contributed by atoms with Gasteiger partial charge in [0, 0.05) is 19.6 Å². The van der Waals surface area contributed by atoms with E-state index in [4.69, 9.17) is 13.6 Å². The topological polar surface area (TPSA) is 64.5 Å². The molecule has 0 atom stereocenters. The Balaban J connectivity index is 1.88. The summed E-state index contributed by atoms with van der Waals surface area (Å²) in [7, 11) is 1.71. The van der Waals surface area contributed by atoms with Gasteiger partial charge in [0.1, 0.15) is 18.3 Å². The molecule has 0 aliphatic rings. The molecule has 0 amide bonds. The van der Waals surface area contributed by atoms with E-state index in [1.54, 1.807) is 19.6 Å². The number of aryl methyl sites for hydroxylation is 1. The highest BCUT2D eigenvalue weighted by Crippen LogP contribution is 2.29. The lowest BCUT2D eigenvalue weighted by Crippen LogP contribution is -2.24. The summed E-state index contributed by atoms with van der Waals surface area (Å²) >= 11 is 0. The first-order chi connectivity index (χ1) is 12.1. The summed E-state index contributed by atoms with van der Waals surface area (Å²) in [6, 6.07) is 2.10. The zero-order valence-electron chi connectivity index (χ0n) is 15.1. The summed E-state index contributed by atoms with van der Waals surface area (Å²) < 4.78 is 15.7. The molecule has 0 aliphatic carbocycles. The fourth-order valence-corrected chi connectivity index (χ4v) is 3.03. The monoisotopic (exact) mass is 341 g/mol. The van der Waals surface area contributed by atoms with Crippen LogP contribution < -0.4 is 4.74 Å². The maximum absolute atomic E-state index is 5.48. The van der Waals surface area contributed by atoms with E-state index in [9.17, 15) is 0 Å². The third kappa shape index (κ3) is 3.91. The Morgan fingerprint density at radius 3 is 2.00 bits per heavy atom. The van der Waals surface area contributed by atoms with E-state index in [-0.39, 0.29) is 0 Å². The molecular formula is C19H23N3O3. The smallest absolute Gasteiger partial charge is 0.180 e. The van der Waals surface area contributed by atoms with Crippen molar-refractivity contribution in [3.8, 4) is 5.75 Å². The van der Waals surface area contributed by atoms with Crippen LogP contribution in [-0.4, -0.2) is 22.0 Å². The van der Waals surface area contributed by atoms with Crippen LogP contribution in [0.15, 0.2) is 40.2 Å². The molecule has 3 rings (SSSR count). The van der Waals surface area contributed by atoms with E-state index < -0.39 is 0 Å². The van der Waals surface area contributed by atoms with Crippen LogP contribution in [0.3, 0.4) is 0 Å². The van der Waals surface area contributed by atoms with E-state index in [2.05, 4.69) is 41.7 Å². The van der Waals surface area contributed by atoms with Gasteiger partial charge in [-0.05, 0) is 49.1 Å². The van der Waals surface area contributed by atoms with Crippen molar-refractivity contribution >= 4 is 0 Å². The lowest BCUT2D eigenvalue weighted by molar-refractivity contribution is 0.240. The summed E-state index contributed by atoms with van der Waals surface area (Å²) in [5.41, 5.74) is 6.72. The minimum Gasteiger partial charge on any atom is -0.496 e. The molecule has 2 aromatic heterocycles. The third-order valence-electron chi connectivity index (χ3n) is 4.55. The number of oxazole rings is 2. The Morgan fingerprint density at radius 2 is 1.52 bits per heavy atom. The minimum absolute atomic E-state index is 0.674. The molecule has 0 N–H and O–H groups in total. The highest BCUT2D eigenvalue weighted by Gasteiger charge is 2.16. The van der Waals surface area contributed by atoms with Crippen molar-refractivity contribution in [3.05, 3.63) is 65.0 Å². The van der Waals surface area contributed by atoms with E-state index in [1.165, 1.54) is 35.0 Å². The first-order valence-corrected chi connectivity index (χ1v) is 8.18. The Bertz CT molecular complexity index is 775. The Kier molecular flexibility index (Phi) is 5.19. The van der Waals surface area contributed by atoms with E-state index >= 15 is 0 Å². The number of ether oxygens (including phenoxy) is 1. The number of benzene rings is 1. The summed E-state index contributed by atoms with van der Waals surface area (Å²) in [6.45, 7) is 8.48. The van der Waals surface area contributed by atoms with Crippen LogP contribution in [-0.2, 0) is 19.6 Å². The summed E-state index contributed by atoms with van der Waals surface area (Å²) in [5.74, 6) is 0.929. The fraction of sp³-hybridized carbons (Fsp3) is 0.368. The second-order valence-corrected chi connectivity index (χ2v) is 6.23. The molecule has 0 saturated heterocycles. The molecule has 0 spiro atoms. The average molecular weight is 341 g/mol. The van der Waals surface area contributed by atoms with E-state index in [0.29, 0.717) is 13.1 Å². The standard InChI is InChI=1S/C19H23N3O3/c1-13-5-19(23-4)15(3)14(2)18(13)8-22(6-16-9-24-11-20-16)7-17-10-25-12-21-17/h5,9-12H,6-8H2,1-4H3. The summed E-state index contributed by atoms with van der Waals surface area (Å²) in [6.07, 6.45) is 6.26. The van der Waals surface area contributed by atoms with Crippen molar-refractivity contribution in [1.29, 1.82) is 0 Å². The van der Waals surface area contributed by atoms with Crippen LogP contribution in [0.4, 0.5) is 0 Å². The molecule has 0 fully saturated rings. The predicted octanol–water partition coefficient (Wildman–Crippen LogP) is 3.80. The van der Waals surface area contributed by atoms with Crippen LogP contribution in [0.2, 0.25) is 0 Å². The quantitative estimate of drug-likeness (QED) is 0.651. The fourth-order valence-electron chi connectivity index (χ4n) is 3.03. The van der Waals surface area contributed by atoms with Crippen molar-refractivity contribution in [1.82, 2.24) is 14.9 Å². The number of hydrogen-bond donors (Lipinski definition) is 0. The van der Waals surface area contributed by atoms with Crippen molar-refractivity contribution < 1.29 is 13.6 Å². The van der Waals surface area contributed by atoms with Gasteiger partial charge in [0.15, 0.2) is 12.8 Å². The molecule has 0 aliphatic heterocycles. The summed E-state index contributed by atoms with van der Waals surface area (Å²) in [4.78, 5) is 10.8. The number of methoxy groups -OCH3 is 1. The molecule has 0 radical (unpaired) electrons. The first kappa shape index (κ1) is 17.2. The molecule has 0 unspecified atom stereocenters. The minimum atomic E-state index is 0.674. The molecule has 3 aromatic rings. The number of rotatable bonds is 7. The largest absolute Gasteiger partial charge is 0.496 e. The van der Waals surface area contributed by atoms with Crippen LogP contribution in [0.5, 0.6) is 5.75 Å². The highest BCUT2D eigenvalue weighted by atomic mass is 16.5. The van der Waals surface area contributed by atoms with E-state index in [1.807, 2.05) is 0 Å². The number of nitrogens with zero attached hydrogens (tertiary/aromatic N) is 3. The lowest BCUT2D eigenvalue weighted by atomic mass is 9.96. The van der Waals surface area contributed by atoms with Gasteiger partial charge in [0.2, 0.25) is 0 Å². The van der Waals surface area contributed by atoms with Gasteiger partial charge in [-0.1, -0.05) is 0 Å². The predicted molar refractivity (Wildman–Crippen MR) is 93.2 cm³/mol. The zero-order chi connectivity index (χ0) is 17.8. The SMILES string of the molecule is COc1cc(C)c(CN(Cc2cocn2)Cc2cocn2)c(C)c1C. The van der Waals surface area contributed by atoms with Gasteiger partial charge in [-0.15, -0.1) is 0 Å². The third-order valence-corrected chi connectivity index (χ3v) is 4.55. The number of hydrogen-bond acceptors (Lipinski definition) is 6. The molecule has 25 heavy (non-hydrogen) atoms. The van der Waals surface area contributed by atoms with Gasteiger partial charge in [0.05, 0.1) is 18.5 Å². The van der Waals surface area contributed by atoms with Crippen molar-refractivity contribution in [3.63, 3.8) is 0 Å². The molecular weight excluding hydrogens is 318 g/mol. The Hall–Kier alpha value is -2.60. The highest BCUT2D eigenvalue weighted by molar-refractivity contribution is 5.48. The molecule has 6 heteroatoms. The molecule has 0 bridgehead atoms. The molecule has 0 saturated carbocycles. The van der Waals surface area contributed by atoms with Crippen LogP contribution in [0.1, 0.15) is 33.6 Å². The normalized spacial score (nSPS) is 11.2. The van der Waals surface area contributed by atoms with Gasteiger partial charge in [0.25, 0.3) is 0 Å². The maximum atomic E-state index is 5.48. The van der Waals surface area contributed by atoms with E-state index in [0.717, 1.165) is 23.7 Å². The Morgan fingerprint density at radius 1 is 0.920 bits per heavy atom. The molecule has 1 aromatic carbocycles. The molecule has 6 nitrogen and oxygen atoms in total. The second kappa shape index (κ2) is 7.53. The van der Waals surface area contributed by atoms with Gasteiger partial charge in [-0.2, -0.15) is 0 Å². The number of aromatic nitrogens is 2. The Labute approximate surface area is 147 Å². The van der Waals surface area contributed by atoms with Gasteiger partial charge < -0.3 is 13.6 Å². The van der Waals surface area contributed by atoms with Crippen LogP contribution in [0, 0.1) is 20.8 Å². The van der Waals surface area contributed by atoms with Gasteiger partial charge >= 0.3 is 0 Å². The van der Waals surface area contributed by atoms with Crippen LogP contribution in [0.25, 0.3) is 0 Å². The van der Waals surface area contributed by atoms with Crippen molar-refractivity contribution in [2.75, 3.05) is 7.11 Å². The van der Waals surface area contributed by atoms with Crippen LogP contribution >= 0.6 is 0 Å². The first-order valence-electron chi connectivity index (χ1n) is 8.18. The maximum Gasteiger partial charge on any atom is 0.180 e.